The SMILES string of the molecule is CCc1c(-c2nsc(-c3ccc(CC(C)C)c(C#N)c3)n2)cccc1C1CCN(CCC(=O)O)CC1. The molecule has 7 heteroatoms. The molecule has 2 heterocycles. The fourth-order valence-electron chi connectivity index (χ4n) is 5.19. The van der Waals surface area contributed by atoms with E-state index in [1.165, 1.54) is 22.7 Å². The Labute approximate surface area is 217 Å². The minimum absolute atomic E-state index is 0.203. The number of carboxylic acid groups (broad SMARTS) is 1. The number of aliphatic carboxylic acids is 1. The number of nitriles is 1. The van der Waals surface area contributed by atoms with Gasteiger partial charge >= 0.3 is 5.97 Å². The monoisotopic (exact) mass is 502 g/mol. The summed E-state index contributed by atoms with van der Waals surface area (Å²) in [5.74, 6) is 0.972. The van der Waals surface area contributed by atoms with E-state index in [0.717, 1.165) is 66.3 Å². The van der Waals surface area contributed by atoms with Crippen LogP contribution in [-0.4, -0.2) is 45.0 Å². The molecule has 188 valence electrons. The molecule has 0 atom stereocenters. The third-order valence-corrected chi connectivity index (χ3v) is 7.77. The van der Waals surface area contributed by atoms with Crippen LogP contribution in [0.25, 0.3) is 22.0 Å². The number of nitrogens with zero attached hydrogens (tertiary/aromatic N) is 4. The summed E-state index contributed by atoms with van der Waals surface area (Å²) in [6.07, 6.45) is 4.06. The lowest BCUT2D eigenvalue weighted by Crippen LogP contribution is -2.34. The Morgan fingerprint density at radius 2 is 2.03 bits per heavy atom. The first-order valence-corrected chi connectivity index (χ1v) is 13.6. The van der Waals surface area contributed by atoms with Crippen molar-refractivity contribution in [2.75, 3.05) is 19.6 Å². The molecule has 1 aliphatic heterocycles. The highest BCUT2D eigenvalue weighted by Gasteiger charge is 2.24. The van der Waals surface area contributed by atoms with E-state index < -0.39 is 5.97 Å². The predicted molar refractivity (Wildman–Crippen MR) is 144 cm³/mol. The van der Waals surface area contributed by atoms with Crippen molar-refractivity contribution in [2.24, 2.45) is 5.92 Å². The van der Waals surface area contributed by atoms with Crippen molar-refractivity contribution in [1.29, 1.82) is 5.26 Å². The fraction of sp³-hybridized carbons (Fsp3) is 0.448. The molecule has 0 unspecified atom stereocenters. The van der Waals surface area contributed by atoms with Gasteiger partial charge in [-0.15, -0.1) is 0 Å². The van der Waals surface area contributed by atoms with Crippen molar-refractivity contribution in [3.8, 4) is 28.0 Å². The Kier molecular flexibility index (Phi) is 8.50. The standard InChI is InChI=1S/C29H34N4O2S/c1-4-24-25(20-10-13-33(14-11-20)15-12-27(34)35)6-5-7-26(24)28-31-29(36-32-28)22-9-8-21(16-19(2)3)23(17-22)18-30/h5-9,17,19-20H,4,10-16H2,1-3H3,(H,34,35). The van der Waals surface area contributed by atoms with Crippen LogP contribution in [0.5, 0.6) is 0 Å². The summed E-state index contributed by atoms with van der Waals surface area (Å²) in [6.45, 7) is 8.99. The predicted octanol–water partition coefficient (Wildman–Crippen LogP) is 6.16. The molecule has 1 aromatic heterocycles. The summed E-state index contributed by atoms with van der Waals surface area (Å²) < 4.78 is 4.72. The topological polar surface area (TPSA) is 90.1 Å². The van der Waals surface area contributed by atoms with Gasteiger partial charge in [-0.25, -0.2) is 4.98 Å². The van der Waals surface area contributed by atoms with Crippen LogP contribution in [0.3, 0.4) is 0 Å². The Hall–Kier alpha value is -3.08. The minimum atomic E-state index is -0.733. The molecular weight excluding hydrogens is 468 g/mol. The van der Waals surface area contributed by atoms with Gasteiger partial charge in [0, 0.05) is 17.7 Å². The van der Waals surface area contributed by atoms with Gasteiger partial charge in [-0.1, -0.05) is 51.1 Å². The van der Waals surface area contributed by atoms with E-state index in [-0.39, 0.29) is 6.42 Å². The minimum Gasteiger partial charge on any atom is -0.481 e. The van der Waals surface area contributed by atoms with Crippen LogP contribution >= 0.6 is 11.5 Å². The average Bonchev–Trinajstić information content (AvgIpc) is 3.37. The van der Waals surface area contributed by atoms with Gasteiger partial charge in [-0.2, -0.15) is 9.64 Å². The van der Waals surface area contributed by atoms with E-state index in [1.807, 2.05) is 6.07 Å². The van der Waals surface area contributed by atoms with Crippen LogP contribution in [0.15, 0.2) is 36.4 Å². The molecule has 1 aliphatic rings. The summed E-state index contributed by atoms with van der Waals surface area (Å²) in [6, 6.07) is 14.9. The molecule has 0 aliphatic carbocycles. The summed E-state index contributed by atoms with van der Waals surface area (Å²) >= 11 is 1.38. The van der Waals surface area contributed by atoms with E-state index in [0.29, 0.717) is 23.9 Å². The molecule has 3 aromatic rings. The molecule has 4 rings (SSSR count). The number of piperidine rings is 1. The van der Waals surface area contributed by atoms with Gasteiger partial charge < -0.3 is 10.0 Å². The molecule has 1 fully saturated rings. The van der Waals surface area contributed by atoms with Crippen molar-refractivity contribution in [2.45, 2.75) is 58.8 Å². The number of likely N-dealkylation sites (tertiary alicyclic amines) is 1. The van der Waals surface area contributed by atoms with Crippen LogP contribution in [0.4, 0.5) is 0 Å². The first-order chi connectivity index (χ1) is 17.4. The third-order valence-electron chi connectivity index (χ3n) is 7.01. The van der Waals surface area contributed by atoms with Crippen molar-refractivity contribution >= 4 is 17.5 Å². The maximum Gasteiger partial charge on any atom is 0.304 e. The molecule has 2 aromatic carbocycles. The van der Waals surface area contributed by atoms with Crippen LogP contribution in [0.1, 0.15) is 68.2 Å². The van der Waals surface area contributed by atoms with E-state index in [4.69, 9.17) is 14.5 Å². The molecule has 6 nitrogen and oxygen atoms in total. The second-order valence-corrected chi connectivity index (χ2v) is 10.7. The zero-order valence-corrected chi connectivity index (χ0v) is 22.1. The number of carbonyl (C=O) groups is 1. The number of rotatable bonds is 9. The number of aromatic nitrogens is 2. The zero-order chi connectivity index (χ0) is 25.7. The summed E-state index contributed by atoms with van der Waals surface area (Å²) in [4.78, 5) is 18.1. The number of hydrogen-bond acceptors (Lipinski definition) is 6. The molecule has 0 bridgehead atoms. The van der Waals surface area contributed by atoms with Crippen molar-refractivity contribution in [1.82, 2.24) is 14.3 Å². The summed E-state index contributed by atoms with van der Waals surface area (Å²) in [5.41, 5.74) is 6.48. The molecule has 0 amide bonds. The van der Waals surface area contributed by atoms with Crippen LogP contribution in [0.2, 0.25) is 0 Å². The average molecular weight is 503 g/mol. The largest absolute Gasteiger partial charge is 0.481 e. The summed E-state index contributed by atoms with van der Waals surface area (Å²) in [7, 11) is 0. The van der Waals surface area contributed by atoms with Gasteiger partial charge in [-0.05, 0) is 84.9 Å². The number of carboxylic acids is 1. The van der Waals surface area contributed by atoms with E-state index >= 15 is 0 Å². The van der Waals surface area contributed by atoms with Crippen molar-refractivity contribution < 1.29 is 9.90 Å². The third kappa shape index (κ3) is 6.00. The van der Waals surface area contributed by atoms with Crippen molar-refractivity contribution in [3.05, 3.63) is 58.7 Å². The first-order valence-electron chi connectivity index (χ1n) is 12.8. The smallest absolute Gasteiger partial charge is 0.304 e. The van der Waals surface area contributed by atoms with Crippen LogP contribution < -0.4 is 0 Å². The quantitative estimate of drug-likeness (QED) is 0.377. The highest BCUT2D eigenvalue weighted by molar-refractivity contribution is 7.09. The molecular formula is C29H34N4O2S. The Morgan fingerprint density at radius 1 is 1.25 bits per heavy atom. The molecule has 36 heavy (non-hydrogen) atoms. The van der Waals surface area contributed by atoms with Gasteiger partial charge in [0.25, 0.3) is 0 Å². The van der Waals surface area contributed by atoms with E-state index in [1.54, 1.807) is 0 Å². The second kappa shape index (κ2) is 11.8. The van der Waals surface area contributed by atoms with Crippen LogP contribution in [-0.2, 0) is 17.6 Å². The Bertz CT molecular complexity index is 1250. The first kappa shape index (κ1) is 26.0. The van der Waals surface area contributed by atoms with Gasteiger partial charge in [0.05, 0.1) is 18.1 Å². The fourth-order valence-corrected chi connectivity index (χ4v) is 5.87. The molecule has 0 spiro atoms. The molecule has 0 saturated carbocycles. The summed E-state index contributed by atoms with van der Waals surface area (Å²) in [5, 5.41) is 19.5. The maximum atomic E-state index is 10.9. The molecule has 1 N–H and O–H groups in total. The lowest BCUT2D eigenvalue weighted by atomic mass is 9.84. The van der Waals surface area contributed by atoms with E-state index in [9.17, 15) is 10.1 Å². The normalized spacial score (nSPS) is 14.8. The Morgan fingerprint density at radius 3 is 2.69 bits per heavy atom. The lowest BCUT2D eigenvalue weighted by molar-refractivity contribution is -0.137. The number of hydrogen-bond donors (Lipinski definition) is 1. The van der Waals surface area contributed by atoms with Gasteiger partial charge in [0.1, 0.15) is 5.01 Å². The second-order valence-electron chi connectivity index (χ2n) is 9.99. The van der Waals surface area contributed by atoms with E-state index in [2.05, 4.69) is 62.1 Å². The lowest BCUT2D eigenvalue weighted by Gasteiger charge is -2.33. The number of benzene rings is 2. The Balaban J connectivity index is 1.56. The molecule has 0 radical (unpaired) electrons. The molecule has 1 saturated heterocycles. The van der Waals surface area contributed by atoms with Gasteiger partial charge in [0.2, 0.25) is 0 Å². The highest BCUT2D eigenvalue weighted by atomic mass is 32.1. The van der Waals surface area contributed by atoms with Crippen molar-refractivity contribution in [3.63, 3.8) is 0 Å². The van der Waals surface area contributed by atoms with Crippen LogP contribution in [0, 0.1) is 17.2 Å². The van der Waals surface area contributed by atoms with Gasteiger partial charge in [-0.3, -0.25) is 4.79 Å². The van der Waals surface area contributed by atoms with Gasteiger partial charge in [0.15, 0.2) is 5.82 Å². The highest BCUT2D eigenvalue weighted by Crippen LogP contribution is 2.36. The maximum absolute atomic E-state index is 10.9. The zero-order valence-electron chi connectivity index (χ0n) is 21.3.